The Bertz CT molecular complexity index is 1010. The normalized spacial score (nSPS) is 21.4. The van der Waals surface area contributed by atoms with E-state index in [1.54, 1.807) is 61.6 Å². The molecule has 0 aliphatic carbocycles. The maximum Gasteiger partial charge on any atom is 0.371 e. The number of hydrogen-bond acceptors (Lipinski definition) is 6. The maximum atomic E-state index is 12.9. The molecule has 2 aliphatic rings. The van der Waals surface area contributed by atoms with Gasteiger partial charge in [0.15, 0.2) is 11.0 Å². The molecule has 2 aromatic carbocycles. The minimum absolute atomic E-state index is 0.0953. The van der Waals surface area contributed by atoms with E-state index >= 15 is 0 Å². The van der Waals surface area contributed by atoms with Gasteiger partial charge in [-0.2, -0.15) is 0 Å². The Kier molecular flexibility index (Phi) is 4.52. The minimum Gasteiger partial charge on any atom is -0.447 e. The molecule has 2 heterocycles. The Hall–Kier alpha value is -3.33. The number of thioether (sulfide) groups is 1. The fourth-order valence-electron chi connectivity index (χ4n) is 2.97. The second-order valence-electron chi connectivity index (χ2n) is 5.97. The molecule has 1 saturated heterocycles. The van der Waals surface area contributed by atoms with Gasteiger partial charge in [0.05, 0.1) is 5.69 Å². The molecule has 1 unspecified atom stereocenters. The van der Waals surface area contributed by atoms with E-state index in [0.29, 0.717) is 28.9 Å². The van der Waals surface area contributed by atoms with Crippen LogP contribution in [-0.4, -0.2) is 30.1 Å². The number of benzene rings is 2. The molecule has 28 heavy (non-hydrogen) atoms. The predicted octanol–water partition coefficient (Wildman–Crippen LogP) is 2.79. The first-order valence-corrected chi connectivity index (χ1v) is 9.08. The van der Waals surface area contributed by atoms with Gasteiger partial charge < -0.3 is 9.64 Å². The van der Waals surface area contributed by atoms with Crippen LogP contribution >= 0.6 is 11.8 Å². The second-order valence-corrected chi connectivity index (χ2v) is 7.07. The van der Waals surface area contributed by atoms with Crippen LogP contribution in [0.1, 0.15) is 0 Å². The van der Waals surface area contributed by atoms with Gasteiger partial charge >= 0.3 is 5.97 Å². The first-order valence-electron chi connectivity index (χ1n) is 8.20. The van der Waals surface area contributed by atoms with E-state index in [0.717, 1.165) is 0 Å². The first kappa shape index (κ1) is 18.1. The van der Waals surface area contributed by atoms with Crippen LogP contribution in [0.25, 0.3) is 0 Å². The van der Waals surface area contributed by atoms with Gasteiger partial charge in [0.25, 0.3) is 11.8 Å². The highest BCUT2D eigenvalue weighted by Gasteiger charge is 2.48. The monoisotopic (exact) mass is 400 g/mol. The summed E-state index contributed by atoms with van der Waals surface area (Å²) in [6.07, 6.45) is 0. The molecule has 9 heteroatoms. The number of amides is 2. The van der Waals surface area contributed by atoms with Crippen molar-refractivity contribution in [3.8, 4) is 5.75 Å². The van der Waals surface area contributed by atoms with Crippen LogP contribution in [0.4, 0.5) is 15.9 Å². The summed E-state index contributed by atoms with van der Waals surface area (Å²) in [6.45, 7) is 0. The molecule has 4 rings (SSSR count). The van der Waals surface area contributed by atoms with Crippen molar-refractivity contribution in [3.05, 3.63) is 65.4 Å². The predicted molar refractivity (Wildman–Crippen MR) is 100 cm³/mol. The van der Waals surface area contributed by atoms with E-state index in [-0.39, 0.29) is 10.8 Å². The van der Waals surface area contributed by atoms with E-state index < -0.39 is 23.0 Å². The Morgan fingerprint density at radius 2 is 1.79 bits per heavy atom. The highest BCUT2D eigenvalue weighted by Crippen LogP contribution is 2.44. The number of likely N-dealkylation sites (N-methyl/N-ethyl adjacent to an activating group) is 1. The molecular formula is C19H13FN2O5S. The first-order chi connectivity index (χ1) is 13.5. The Morgan fingerprint density at radius 1 is 1.11 bits per heavy atom. The van der Waals surface area contributed by atoms with Gasteiger partial charge in [0, 0.05) is 17.3 Å². The summed E-state index contributed by atoms with van der Waals surface area (Å²) >= 11 is 0.710. The topological polar surface area (TPSA) is 76.2 Å². The Balaban J connectivity index is 1.87. The number of fused-ring (bicyclic) bond motifs is 1. The standard InChI is InChI=1S/C19H13FN2O5S/c1-21-12-9-5-6-10-13(12)26-14(16(21)23)18-22(11-7-3-2-4-8-11)17(24)15(28-18)19(25)27-20/h2-10,15H,1H3/b18-14-. The zero-order valence-electron chi connectivity index (χ0n) is 14.5. The summed E-state index contributed by atoms with van der Waals surface area (Å²) in [5.41, 5.74) is 0.978. The molecule has 1 atom stereocenters. The van der Waals surface area contributed by atoms with Crippen molar-refractivity contribution in [2.45, 2.75) is 5.25 Å². The second kappa shape index (κ2) is 7.01. The number of rotatable bonds is 2. The molecular weight excluding hydrogens is 387 g/mol. The lowest BCUT2D eigenvalue weighted by Gasteiger charge is -2.29. The minimum atomic E-state index is -1.48. The van der Waals surface area contributed by atoms with Crippen LogP contribution in [0, 0.1) is 0 Å². The van der Waals surface area contributed by atoms with Gasteiger partial charge in [-0.3, -0.25) is 19.4 Å². The van der Waals surface area contributed by atoms with Crippen molar-refractivity contribution < 1.29 is 28.6 Å². The van der Waals surface area contributed by atoms with Crippen LogP contribution in [-0.2, 0) is 19.3 Å². The molecule has 2 amide bonds. The third kappa shape index (κ3) is 2.80. The zero-order chi connectivity index (χ0) is 19.8. The van der Waals surface area contributed by atoms with Crippen molar-refractivity contribution in [2.24, 2.45) is 0 Å². The Labute approximate surface area is 163 Å². The zero-order valence-corrected chi connectivity index (χ0v) is 15.3. The summed E-state index contributed by atoms with van der Waals surface area (Å²) in [6, 6.07) is 15.3. The van der Waals surface area contributed by atoms with Crippen molar-refractivity contribution >= 4 is 40.9 Å². The van der Waals surface area contributed by atoms with E-state index in [1.807, 2.05) is 0 Å². The molecule has 0 N–H and O–H groups in total. The molecule has 0 saturated carbocycles. The molecule has 0 radical (unpaired) electrons. The number of anilines is 2. The van der Waals surface area contributed by atoms with E-state index in [1.165, 1.54) is 9.80 Å². The van der Waals surface area contributed by atoms with Crippen LogP contribution < -0.4 is 14.5 Å². The lowest BCUT2D eigenvalue weighted by Crippen LogP contribution is -2.37. The number of hydrogen-bond donors (Lipinski definition) is 0. The SMILES string of the molecule is CN1C(=O)/C(=C2/SC(C(=O)OF)C(=O)N2c2ccccc2)Oc2ccccc21. The molecule has 7 nitrogen and oxygen atoms in total. The van der Waals surface area contributed by atoms with Crippen LogP contribution in [0.5, 0.6) is 5.75 Å². The van der Waals surface area contributed by atoms with Gasteiger partial charge in [-0.1, -0.05) is 42.1 Å². The lowest BCUT2D eigenvalue weighted by molar-refractivity contribution is -0.182. The summed E-state index contributed by atoms with van der Waals surface area (Å²) in [5.74, 6) is -2.27. The number of carbonyl (C=O) groups excluding carboxylic acids is 3. The van der Waals surface area contributed by atoms with Crippen molar-refractivity contribution in [2.75, 3.05) is 16.8 Å². The van der Waals surface area contributed by atoms with Crippen LogP contribution in [0.3, 0.4) is 0 Å². The quantitative estimate of drug-likeness (QED) is 0.570. The van der Waals surface area contributed by atoms with Gasteiger partial charge in [-0.25, -0.2) is 4.79 Å². The van der Waals surface area contributed by atoms with Crippen molar-refractivity contribution in [1.82, 2.24) is 0 Å². The Morgan fingerprint density at radius 3 is 2.50 bits per heavy atom. The average molecular weight is 400 g/mol. The van der Waals surface area contributed by atoms with Crippen LogP contribution in [0.2, 0.25) is 0 Å². The van der Waals surface area contributed by atoms with Crippen LogP contribution in [0.15, 0.2) is 65.4 Å². The average Bonchev–Trinajstić information content (AvgIpc) is 3.07. The van der Waals surface area contributed by atoms with E-state index in [4.69, 9.17) is 4.74 Å². The fourth-order valence-corrected chi connectivity index (χ4v) is 4.07. The number of ether oxygens (including phenoxy) is 1. The smallest absolute Gasteiger partial charge is 0.371 e. The highest BCUT2D eigenvalue weighted by molar-refractivity contribution is 8.05. The number of halogens is 1. The summed E-state index contributed by atoms with van der Waals surface area (Å²) < 4.78 is 18.3. The molecule has 0 bridgehead atoms. The summed E-state index contributed by atoms with van der Waals surface area (Å²) in [7, 11) is 1.58. The van der Waals surface area contributed by atoms with Gasteiger partial charge in [0.2, 0.25) is 5.76 Å². The third-order valence-corrected chi connectivity index (χ3v) is 5.53. The number of nitrogens with zero attached hydrogens (tertiary/aromatic N) is 2. The van der Waals surface area contributed by atoms with E-state index in [9.17, 15) is 18.9 Å². The van der Waals surface area contributed by atoms with E-state index in [2.05, 4.69) is 4.94 Å². The molecule has 2 aromatic rings. The fraction of sp³-hybridized carbons (Fsp3) is 0.105. The van der Waals surface area contributed by atoms with Crippen molar-refractivity contribution in [1.29, 1.82) is 0 Å². The highest BCUT2D eigenvalue weighted by atomic mass is 32.2. The van der Waals surface area contributed by atoms with Gasteiger partial charge in [-0.05, 0) is 24.3 Å². The van der Waals surface area contributed by atoms with Gasteiger partial charge in [-0.15, -0.1) is 0 Å². The molecule has 2 aliphatic heterocycles. The van der Waals surface area contributed by atoms with Crippen molar-refractivity contribution in [3.63, 3.8) is 0 Å². The third-order valence-electron chi connectivity index (χ3n) is 4.31. The molecule has 1 fully saturated rings. The number of para-hydroxylation sites is 3. The summed E-state index contributed by atoms with van der Waals surface area (Å²) in [5, 5.41) is -1.38. The lowest BCUT2D eigenvalue weighted by atomic mass is 10.2. The van der Waals surface area contributed by atoms with Gasteiger partial charge in [0.1, 0.15) is 5.03 Å². The number of carbonyl (C=O) groups is 3. The maximum absolute atomic E-state index is 12.9. The molecule has 0 spiro atoms. The molecule has 142 valence electrons. The largest absolute Gasteiger partial charge is 0.447 e. The molecule has 0 aromatic heterocycles. The summed E-state index contributed by atoms with van der Waals surface area (Å²) in [4.78, 5) is 43.3.